The summed E-state index contributed by atoms with van der Waals surface area (Å²) in [5.74, 6) is 5.33. The molecule has 0 aliphatic carbocycles. The molecule has 1 aliphatic heterocycles. The monoisotopic (exact) mass is 374 g/mol. The van der Waals surface area contributed by atoms with Crippen LogP contribution < -0.4 is 21.6 Å². The Balaban J connectivity index is 1.84. The van der Waals surface area contributed by atoms with E-state index in [2.05, 4.69) is 15.5 Å². The number of carbonyl (C=O) groups is 2. The van der Waals surface area contributed by atoms with Crippen molar-refractivity contribution in [2.45, 2.75) is 31.5 Å². The van der Waals surface area contributed by atoms with E-state index in [1.54, 1.807) is 29.2 Å². The summed E-state index contributed by atoms with van der Waals surface area (Å²) in [6.45, 7) is 3.33. The van der Waals surface area contributed by atoms with Crippen molar-refractivity contribution in [3.8, 4) is 0 Å². The third-order valence-electron chi connectivity index (χ3n) is 3.97. The predicted octanol–water partition coefficient (Wildman–Crippen LogP) is 0.517. The fraction of sp³-hybridized carbons (Fsp3) is 0.312. The van der Waals surface area contributed by atoms with Crippen LogP contribution >= 0.6 is 11.8 Å². The number of thioether (sulfide) groups is 1. The topological polar surface area (TPSA) is 123 Å². The number of carbonyl (C=O) groups excluding carboxylic acids is 2. The number of aryl methyl sites for hydroxylation is 1. The summed E-state index contributed by atoms with van der Waals surface area (Å²) >= 11 is 1.02. The molecule has 3 rings (SSSR count). The van der Waals surface area contributed by atoms with Gasteiger partial charge in [-0.1, -0.05) is 23.9 Å². The molecule has 9 nitrogen and oxygen atoms in total. The van der Waals surface area contributed by atoms with E-state index in [1.807, 2.05) is 6.92 Å². The van der Waals surface area contributed by atoms with E-state index in [0.29, 0.717) is 11.4 Å². The summed E-state index contributed by atoms with van der Waals surface area (Å²) in [4.78, 5) is 38.2. The minimum absolute atomic E-state index is 0.00124. The molecule has 0 spiro atoms. The molecule has 0 bridgehead atoms. The van der Waals surface area contributed by atoms with Gasteiger partial charge in [0, 0.05) is 12.5 Å². The lowest BCUT2D eigenvalue weighted by molar-refractivity contribution is -0.117. The molecule has 1 atom stereocenters. The maximum Gasteiger partial charge on any atom is 0.294 e. The van der Waals surface area contributed by atoms with Crippen molar-refractivity contribution in [2.24, 2.45) is 0 Å². The number of aromatic nitrogens is 3. The maximum atomic E-state index is 12.9. The van der Waals surface area contributed by atoms with Crippen molar-refractivity contribution in [3.63, 3.8) is 0 Å². The summed E-state index contributed by atoms with van der Waals surface area (Å²) in [6, 6.07) is 6.82. The number of nitrogens with one attached hydrogen (secondary N) is 1. The Morgan fingerprint density at radius 1 is 1.35 bits per heavy atom. The highest BCUT2D eigenvalue weighted by Gasteiger charge is 2.29. The quantitative estimate of drug-likeness (QED) is 0.593. The van der Waals surface area contributed by atoms with Crippen LogP contribution in [0.25, 0.3) is 0 Å². The molecule has 0 unspecified atom stereocenters. The van der Waals surface area contributed by atoms with E-state index < -0.39 is 5.56 Å². The second-order valence-electron chi connectivity index (χ2n) is 5.91. The van der Waals surface area contributed by atoms with Crippen LogP contribution in [-0.4, -0.2) is 38.5 Å². The van der Waals surface area contributed by atoms with Crippen molar-refractivity contribution < 1.29 is 9.59 Å². The van der Waals surface area contributed by atoms with Crippen molar-refractivity contribution in [1.82, 2.24) is 14.9 Å². The van der Waals surface area contributed by atoms with Gasteiger partial charge in [0.05, 0.1) is 17.1 Å². The molecular formula is C16H18N6O3S. The van der Waals surface area contributed by atoms with Crippen LogP contribution in [0.15, 0.2) is 34.2 Å². The number of hydrogen-bond donors (Lipinski definition) is 2. The second kappa shape index (κ2) is 7.16. The highest BCUT2D eigenvalue weighted by atomic mass is 32.2. The minimum atomic E-state index is -0.460. The smallest absolute Gasteiger partial charge is 0.294 e. The molecule has 3 N–H and O–H groups in total. The van der Waals surface area contributed by atoms with E-state index in [0.717, 1.165) is 16.4 Å². The average molecular weight is 374 g/mol. The zero-order valence-electron chi connectivity index (χ0n) is 14.3. The summed E-state index contributed by atoms with van der Waals surface area (Å²) in [5.41, 5.74) is 0.948. The Bertz CT molecular complexity index is 928. The fourth-order valence-corrected chi connectivity index (χ4v) is 3.44. The largest absolute Gasteiger partial charge is 0.334 e. The Kier molecular flexibility index (Phi) is 4.94. The number of para-hydroxylation sites is 2. The molecule has 26 heavy (non-hydrogen) atoms. The first-order valence-electron chi connectivity index (χ1n) is 7.93. The lowest BCUT2D eigenvalue weighted by Gasteiger charge is -2.27. The lowest BCUT2D eigenvalue weighted by atomic mass is 10.2. The van der Waals surface area contributed by atoms with Crippen LogP contribution in [0.1, 0.15) is 19.0 Å². The van der Waals surface area contributed by atoms with Gasteiger partial charge in [0.25, 0.3) is 5.56 Å². The Labute approximate surface area is 153 Å². The third kappa shape index (κ3) is 3.40. The molecule has 1 aromatic heterocycles. The summed E-state index contributed by atoms with van der Waals surface area (Å²) in [6.07, 6.45) is 0.191. The Morgan fingerprint density at radius 3 is 2.85 bits per heavy atom. The average Bonchev–Trinajstić information content (AvgIpc) is 2.73. The molecule has 1 aromatic carbocycles. The molecule has 2 heterocycles. The number of benzene rings is 1. The number of nitrogens with zero attached hydrogens (tertiary/aromatic N) is 4. The fourth-order valence-electron chi connectivity index (χ4n) is 2.73. The Hall–Kier alpha value is -2.88. The van der Waals surface area contributed by atoms with Gasteiger partial charge in [-0.05, 0) is 26.0 Å². The first kappa shape index (κ1) is 17.9. The molecule has 10 heteroatoms. The molecule has 1 aliphatic rings. The summed E-state index contributed by atoms with van der Waals surface area (Å²) in [5, 5.41) is 10.6. The number of nitrogens with two attached hydrogens (primary N) is 1. The highest BCUT2D eigenvalue weighted by molar-refractivity contribution is 7.99. The van der Waals surface area contributed by atoms with Crippen LogP contribution in [0.5, 0.6) is 0 Å². The van der Waals surface area contributed by atoms with E-state index in [1.165, 1.54) is 6.92 Å². The van der Waals surface area contributed by atoms with Crippen molar-refractivity contribution in [3.05, 3.63) is 40.3 Å². The first-order chi connectivity index (χ1) is 12.4. The maximum absolute atomic E-state index is 12.9. The molecule has 2 aromatic rings. The van der Waals surface area contributed by atoms with Gasteiger partial charge in [-0.2, -0.15) is 4.68 Å². The molecule has 0 saturated heterocycles. The molecular weight excluding hydrogens is 356 g/mol. The van der Waals surface area contributed by atoms with Gasteiger partial charge in [-0.25, -0.2) is 0 Å². The zero-order chi connectivity index (χ0) is 18.8. The molecule has 136 valence electrons. The number of hydrogen-bond acceptors (Lipinski definition) is 7. The van der Waals surface area contributed by atoms with Gasteiger partial charge >= 0.3 is 0 Å². The zero-order valence-corrected chi connectivity index (χ0v) is 15.1. The standard InChI is InChI=1S/C16H18N6O3S/c1-9-7-13(23)18-11-5-3-4-6-12(11)21(9)14(24)8-26-16-20-19-10(2)15(25)22(16)17/h3-6,9H,7-8,17H2,1-2H3,(H,18,23)/t9-/m0/s1. The molecule has 2 amide bonds. The number of anilines is 2. The van der Waals surface area contributed by atoms with Crippen molar-refractivity contribution in [2.75, 3.05) is 21.8 Å². The van der Waals surface area contributed by atoms with Crippen LogP contribution in [0.4, 0.5) is 11.4 Å². The third-order valence-corrected chi connectivity index (χ3v) is 4.90. The lowest BCUT2D eigenvalue weighted by Crippen LogP contribution is -2.40. The van der Waals surface area contributed by atoms with E-state index in [4.69, 9.17) is 5.84 Å². The Morgan fingerprint density at radius 2 is 2.08 bits per heavy atom. The van der Waals surface area contributed by atoms with Gasteiger partial charge in [0.1, 0.15) is 5.69 Å². The second-order valence-corrected chi connectivity index (χ2v) is 6.86. The van der Waals surface area contributed by atoms with Gasteiger partial charge in [0.15, 0.2) is 0 Å². The van der Waals surface area contributed by atoms with E-state index in [-0.39, 0.29) is 40.9 Å². The van der Waals surface area contributed by atoms with Crippen molar-refractivity contribution >= 4 is 35.0 Å². The predicted molar refractivity (Wildman–Crippen MR) is 98.5 cm³/mol. The SMILES string of the molecule is Cc1nnc(SCC(=O)N2c3ccccc3NC(=O)C[C@@H]2C)n(N)c1=O. The normalized spacial score (nSPS) is 16.6. The van der Waals surface area contributed by atoms with Crippen LogP contribution in [0.3, 0.4) is 0 Å². The number of amides is 2. The molecule has 0 radical (unpaired) electrons. The first-order valence-corrected chi connectivity index (χ1v) is 8.92. The van der Waals surface area contributed by atoms with E-state index in [9.17, 15) is 14.4 Å². The summed E-state index contributed by atoms with van der Waals surface area (Å²) in [7, 11) is 0. The highest BCUT2D eigenvalue weighted by Crippen LogP contribution is 2.32. The summed E-state index contributed by atoms with van der Waals surface area (Å²) < 4.78 is 0.880. The van der Waals surface area contributed by atoms with Gasteiger partial charge in [-0.3, -0.25) is 14.4 Å². The van der Waals surface area contributed by atoms with Gasteiger partial charge in [-0.15, -0.1) is 10.2 Å². The van der Waals surface area contributed by atoms with Gasteiger partial charge in [0.2, 0.25) is 17.0 Å². The van der Waals surface area contributed by atoms with E-state index >= 15 is 0 Å². The van der Waals surface area contributed by atoms with Crippen LogP contribution in [-0.2, 0) is 9.59 Å². The molecule has 0 fully saturated rings. The number of rotatable bonds is 3. The van der Waals surface area contributed by atoms with Crippen molar-refractivity contribution in [1.29, 1.82) is 0 Å². The van der Waals surface area contributed by atoms with Crippen LogP contribution in [0, 0.1) is 6.92 Å². The minimum Gasteiger partial charge on any atom is -0.334 e. The van der Waals surface area contributed by atoms with Crippen LogP contribution in [0.2, 0.25) is 0 Å². The van der Waals surface area contributed by atoms with Gasteiger partial charge < -0.3 is 16.1 Å². The number of fused-ring (bicyclic) bond motifs is 1. The molecule has 0 saturated carbocycles. The number of nitrogen functional groups attached to an aromatic ring is 1.